The van der Waals surface area contributed by atoms with Crippen LogP contribution in [0.5, 0.6) is 0 Å². The zero-order chi connectivity index (χ0) is 29.0. The molecule has 0 aliphatic rings. The molecule has 9 aromatic rings. The second kappa shape index (κ2) is 10.1. The van der Waals surface area contributed by atoms with Gasteiger partial charge in [-0.05, 0) is 68.4 Å². The van der Waals surface area contributed by atoms with Gasteiger partial charge < -0.3 is 4.90 Å². The van der Waals surface area contributed by atoms with Crippen molar-refractivity contribution in [2.75, 3.05) is 4.90 Å². The normalized spacial score (nSPS) is 11.6. The van der Waals surface area contributed by atoms with Crippen LogP contribution in [0.3, 0.4) is 0 Å². The van der Waals surface area contributed by atoms with Crippen molar-refractivity contribution in [3.63, 3.8) is 0 Å². The lowest BCUT2D eigenvalue weighted by atomic mass is 9.96. The first-order valence-corrected chi connectivity index (χ1v) is 15.8. The molecule has 0 bridgehead atoms. The second-order valence-electron chi connectivity index (χ2n) is 11.3. The van der Waals surface area contributed by atoms with E-state index in [1.807, 2.05) is 11.3 Å². The lowest BCUT2D eigenvalue weighted by Gasteiger charge is -2.28. The summed E-state index contributed by atoms with van der Waals surface area (Å²) in [6.07, 6.45) is 0. The number of nitrogens with zero attached hydrogens (tertiary/aromatic N) is 1. The van der Waals surface area contributed by atoms with E-state index < -0.39 is 0 Å². The predicted octanol–water partition coefficient (Wildman–Crippen LogP) is 12.7. The zero-order valence-electron chi connectivity index (χ0n) is 23.9. The maximum Gasteiger partial charge on any atom is 0.0640 e. The summed E-state index contributed by atoms with van der Waals surface area (Å²) in [4.78, 5) is 2.46. The molecule has 8 aromatic carbocycles. The van der Waals surface area contributed by atoms with Gasteiger partial charge in [-0.15, -0.1) is 11.3 Å². The fraction of sp³-hybridized carbons (Fsp3) is 0. The van der Waals surface area contributed by atoms with Crippen molar-refractivity contribution < 1.29 is 0 Å². The van der Waals surface area contributed by atoms with Crippen LogP contribution in [0.25, 0.3) is 63.6 Å². The summed E-state index contributed by atoms with van der Waals surface area (Å²) in [5.41, 5.74) is 5.95. The third kappa shape index (κ3) is 3.92. The molecule has 0 aliphatic heterocycles. The Labute approximate surface area is 259 Å². The topological polar surface area (TPSA) is 3.24 Å². The van der Waals surface area contributed by atoms with Crippen molar-refractivity contribution in [2.24, 2.45) is 0 Å². The first-order valence-electron chi connectivity index (χ1n) is 15.0. The molecule has 0 unspecified atom stereocenters. The smallest absolute Gasteiger partial charge is 0.0640 e. The maximum atomic E-state index is 2.46. The quantitative estimate of drug-likeness (QED) is 0.188. The molecule has 0 amide bonds. The van der Waals surface area contributed by atoms with Gasteiger partial charge in [0.1, 0.15) is 0 Å². The van der Waals surface area contributed by atoms with Crippen LogP contribution in [0.4, 0.5) is 17.1 Å². The van der Waals surface area contributed by atoms with Crippen LogP contribution in [-0.2, 0) is 0 Å². The van der Waals surface area contributed by atoms with Crippen LogP contribution >= 0.6 is 11.3 Å². The number of hydrogen-bond acceptors (Lipinski definition) is 2. The van der Waals surface area contributed by atoms with E-state index in [9.17, 15) is 0 Å². The Kier molecular flexibility index (Phi) is 5.75. The molecule has 2 heteroatoms. The summed E-state index contributed by atoms with van der Waals surface area (Å²) in [6, 6.07) is 59.7. The van der Waals surface area contributed by atoms with E-state index in [2.05, 4.69) is 169 Å². The Balaban J connectivity index is 1.32. The lowest BCUT2D eigenvalue weighted by molar-refractivity contribution is 1.32. The van der Waals surface area contributed by atoms with Gasteiger partial charge in [0, 0.05) is 26.5 Å². The third-order valence-corrected chi connectivity index (χ3v) is 10.1. The molecule has 0 fully saturated rings. The molecule has 0 saturated heterocycles. The SMILES string of the molecule is c1ccc(-c2ccc(N(c3cccc4c3ccc3c5ccccc5ccc43)c3cccc4c3sc3ccccc34)cc2)cc1. The van der Waals surface area contributed by atoms with Gasteiger partial charge >= 0.3 is 0 Å². The minimum absolute atomic E-state index is 1.14. The van der Waals surface area contributed by atoms with Crippen molar-refractivity contribution in [1.29, 1.82) is 0 Å². The van der Waals surface area contributed by atoms with Gasteiger partial charge in [0.25, 0.3) is 0 Å². The Morgan fingerprint density at radius 1 is 0.341 bits per heavy atom. The average Bonchev–Trinajstić information content (AvgIpc) is 3.48. The highest BCUT2D eigenvalue weighted by atomic mass is 32.1. The van der Waals surface area contributed by atoms with Crippen LogP contribution in [0.15, 0.2) is 164 Å². The molecule has 44 heavy (non-hydrogen) atoms. The number of benzene rings is 8. The van der Waals surface area contributed by atoms with Crippen molar-refractivity contribution in [3.8, 4) is 11.1 Å². The largest absolute Gasteiger partial charge is 0.308 e. The Hall–Kier alpha value is -5.44. The van der Waals surface area contributed by atoms with Crippen molar-refractivity contribution in [3.05, 3.63) is 164 Å². The summed E-state index contributed by atoms with van der Waals surface area (Å²) < 4.78 is 2.61. The van der Waals surface area contributed by atoms with E-state index in [1.165, 1.54) is 75.0 Å². The molecule has 0 aliphatic carbocycles. The molecular formula is C42H27NS. The number of thiophene rings is 1. The van der Waals surface area contributed by atoms with Crippen LogP contribution in [0, 0.1) is 0 Å². The Morgan fingerprint density at radius 3 is 1.80 bits per heavy atom. The van der Waals surface area contributed by atoms with Crippen molar-refractivity contribution >= 4 is 80.9 Å². The summed E-state index contributed by atoms with van der Waals surface area (Å²) >= 11 is 1.87. The van der Waals surface area contributed by atoms with Crippen molar-refractivity contribution in [2.45, 2.75) is 0 Å². The molecule has 0 radical (unpaired) electrons. The first-order chi connectivity index (χ1) is 21.8. The van der Waals surface area contributed by atoms with E-state index in [4.69, 9.17) is 0 Å². The maximum absolute atomic E-state index is 2.46. The second-order valence-corrected chi connectivity index (χ2v) is 12.4. The molecule has 1 heterocycles. The molecule has 0 atom stereocenters. The Morgan fingerprint density at radius 2 is 0.932 bits per heavy atom. The fourth-order valence-corrected chi connectivity index (χ4v) is 7.99. The molecule has 0 N–H and O–H groups in total. The van der Waals surface area contributed by atoms with Gasteiger partial charge in [0.05, 0.1) is 16.1 Å². The molecule has 0 saturated carbocycles. The summed E-state index contributed by atoms with van der Waals surface area (Å²) in [5, 5.41) is 10.2. The zero-order valence-corrected chi connectivity index (χ0v) is 24.8. The minimum atomic E-state index is 1.14. The fourth-order valence-electron chi connectivity index (χ4n) is 6.78. The third-order valence-electron chi connectivity index (χ3n) is 8.86. The van der Waals surface area contributed by atoms with Crippen LogP contribution in [0.1, 0.15) is 0 Å². The standard InChI is InChI=1S/C42H27NS/c1-2-10-28(11-3-1)29-20-23-31(24-21-29)43(40-18-9-16-38-37-14-6-7-19-41(37)44-42(38)40)39-17-8-15-33-35-25-22-30-12-4-5-13-32(30)34(35)26-27-36(33)39/h1-27H. The van der Waals surface area contributed by atoms with Crippen molar-refractivity contribution in [1.82, 2.24) is 0 Å². The number of fused-ring (bicyclic) bond motifs is 8. The summed E-state index contributed by atoms with van der Waals surface area (Å²) in [6.45, 7) is 0. The molecule has 0 spiro atoms. The van der Waals surface area contributed by atoms with E-state index in [0.29, 0.717) is 0 Å². The average molecular weight is 578 g/mol. The lowest BCUT2D eigenvalue weighted by Crippen LogP contribution is -2.10. The number of hydrogen-bond donors (Lipinski definition) is 0. The molecule has 206 valence electrons. The first kappa shape index (κ1) is 25.1. The van der Waals surface area contributed by atoms with Gasteiger partial charge in [-0.1, -0.05) is 133 Å². The molecular weight excluding hydrogens is 551 g/mol. The van der Waals surface area contributed by atoms with Gasteiger partial charge in [-0.2, -0.15) is 0 Å². The number of anilines is 3. The molecule has 1 nitrogen and oxygen atoms in total. The molecule has 9 rings (SSSR count). The van der Waals surface area contributed by atoms with E-state index in [0.717, 1.165) is 5.69 Å². The van der Waals surface area contributed by atoms with Crippen LogP contribution in [-0.4, -0.2) is 0 Å². The van der Waals surface area contributed by atoms with E-state index in [1.54, 1.807) is 0 Å². The summed E-state index contributed by atoms with van der Waals surface area (Å²) in [5.74, 6) is 0. The summed E-state index contributed by atoms with van der Waals surface area (Å²) in [7, 11) is 0. The van der Waals surface area contributed by atoms with Gasteiger partial charge in [0.2, 0.25) is 0 Å². The van der Waals surface area contributed by atoms with Gasteiger partial charge in [0.15, 0.2) is 0 Å². The van der Waals surface area contributed by atoms with E-state index >= 15 is 0 Å². The van der Waals surface area contributed by atoms with Crippen LogP contribution < -0.4 is 4.90 Å². The number of rotatable bonds is 4. The molecule has 1 aromatic heterocycles. The predicted molar refractivity (Wildman–Crippen MR) is 192 cm³/mol. The Bertz CT molecular complexity index is 2490. The highest BCUT2D eigenvalue weighted by molar-refractivity contribution is 7.26. The van der Waals surface area contributed by atoms with Crippen LogP contribution in [0.2, 0.25) is 0 Å². The van der Waals surface area contributed by atoms with Gasteiger partial charge in [-0.3, -0.25) is 0 Å². The van der Waals surface area contributed by atoms with Gasteiger partial charge in [-0.25, -0.2) is 0 Å². The highest BCUT2D eigenvalue weighted by Crippen LogP contribution is 2.47. The van der Waals surface area contributed by atoms with E-state index in [-0.39, 0.29) is 0 Å². The monoisotopic (exact) mass is 577 g/mol. The highest BCUT2D eigenvalue weighted by Gasteiger charge is 2.20. The minimum Gasteiger partial charge on any atom is -0.308 e.